The fraction of sp³-hybridized carbons (Fsp3) is 0.0769. The van der Waals surface area contributed by atoms with E-state index in [4.69, 9.17) is 17.3 Å². The lowest BCUT2D eigenvalue weighted by atomic mass is 10.2. The fourth-order valence-electron chi connectivity index (χ4n) is 1.60. The Balaban J connectivity index is 2.16. The summed E-state index contributed by atoms with van der Waals surface area (Å²) in [7, 11) is -3.82. The lowest BCUT2D eigenvalue weighted by molar-refractivity contribution is 0.577. The molecule has 20 heavy (non-hydrogen) atoms. The highest BCUT2D eigenvalue weighted by molar-refractivity contribution is 7.89. The molecular formula is C13H12ClFN2O2S. The molecule has 0 bridgehead atoms. The molecule has 7 heteroatoms. The predicted molar refractivity (Wildman–Crippen MR) is 76.3 cm³/mol. The van der Waals surface area contributed by atoms with Crippen LogP contribution in [-0.2, 0) is 16.6 Å². The van der Waals surface area contributed by atoms with E-state index in [2.05, 4.69) is 4.72 Å². The summed E-state index contributed by atoms with van der Waals surface area (Å²) < 4.78 is 39.6. The van der Waals surface area contributed by atoms with Gasteiger partial charge in [-0.3, -0.25) is 0 Å². The molecule has 4 nitrogen and oxygen atoms in total. The van der Waals surface area contributed by atoms with Crippen LogP contribution < -0.4 is 10.5 Å². The Bertz CT molecular complexity index is 697. The molecule has 0 heterocycles. The zero-order valence-electron chi connectivity index (χ0n) is 10.3. The standard InChI is InChI=1S/C13H12ClFN2O2S/c14-10-3-1-9(2-4-10)8-17-20(18,19)13-6-11(15)5-12(16)7-13/h1-7,17H,8,16H2. The molecule has 0 saturated heterocycles. The Hall–Kier alpha value is -1.63. The normalized spacial score (nSPS) is 11.5. The van der Waals surface area contributed by atoms with E-state index >= 15 is 0 Å². The van der Waals surface area contributed by atoms with Crippen molar-refractivity contribution in [3.8, 4) is 0 Å². The summed E-state index contributed by atoms with van der Waals surface area (Å²) in [4.78, 5) is -0.205. The van der Waals surface area contributed by atoms with Gasteiger partial charge in [-0.1, -0.05) is 23.7 Å². The summed E-state index contributed by atoms with van der Waals surface area (Å²) in [6, 6.07) is 9.89. The van der Waals surface area contributed by atoms with Gasteiger partial charge in [0.15, 0.2) is 0 Å². The summed E-state index contributed by atoms with van der Waals surface area (Å²) in [5.41, 5.74) is 6.22. The number of rotatable bonds is 4. The van der Waals surface area contributed by atoms with Crippen LogP contribution in [0.4, 0.5) is 10.1 Å². The van der Waals surface area contributed by atoms with Crippen LogP contribution in [0.1, 0.15) is 5.56 Å². The third-order valence-electron chi connectivity index (χ3n) is 2.58. The number of nitrogen functional groups attached to an aromatic ring is 1. The molecule has 0 radical (unpaired) electrons. The number of nitrogens with two attached hydrogens (primary N) is 1. The number of nitrogens with one attached hydrogen (secondary N) is 1. The first-order valence-corrected chi connectivity index (χ1v) is 7.53. The van der Waals surface area contributed by atoms with Crippen LogP contribution in [0.3, 0.4) is 0 Å². The van der Waals surface area contributed by atoms with Crippen molar-refractivity contribution in [3.05, 3.63) is 58.9 Å². The molecule has 0 saturated carbocycles. The van der Waals surface area contributed by atoms with E-state index in [1.165, 1.54) is 6.07 Å². The number of hydrogen-bond donors (Lipinski definition) is 2. The van der Waals surface area contributed by atoms with Crippen molar-refractivity contribution in [2.24, 2.45) is 0 Å². The van der Waals surface area contributed by atoms with Gasteiger partial charge in [0.1, 0.15) is 5.82 Å². The maximum absolute atomic E-state index is 13.2. The molecule has 106 valence electrons. The molecule has 0 aliphatic rings. The maximum Gasteiger partial charge on any atom is 0.241 e. The molecular weight excluding hydrogens is 303 g/mol. The molecule has 2 aromatic carbocycles. The second kappa shape index (κ2) is 5.78. The van der Waals surface area contributed by atoms with Gasteiger partial charge in [-0.25, -0.2) is 17.5 Å². The summed E-state index contributed by atoms with van der Waals surface area (Å²) in [5, 5.41) is 0.564. The van der Waals surface area contributed by atoms with Gasteiger partial charge in [-0.2, -0.15) is 0 Å². The minimum Gasteiger partial charge on any atom is -0.399 e. The quantitative estimate of drug-likeness (QED) is 0.852. The summed E-state index contributed by atoms with van der Waals surface area (Å²) in [5.74, 6) is -0.697. The minimum atomic E-state index is -3.82. The third kappa shape index (κ3) is 3.69. The average Bonchev–Trinajstić information content (AvgIpc) is 2.37. The molecule has 0 aromatic heterocycles. The average molecular weight is 315 g/mol. The Morgan fingerprint density at radius 1 is 1.15 bits per heavy atom. The van der Waals surface area contributed by atoms with Gasteiger partial charge in [0.25, 0.3) is 0 Å². The van der Waals surface area contributed by atoms with Crippen LogP contribution in [0.15, 0.2) is 47.4 Å². The highest BCUT2D eigenvalue weighted by Gasteiger charge is 2.15. The molecule has 2 rings (SSSR count). The number of sulfonamides is 1. The summed E-state index contributed by atoms with van der Waals surface area (Å²) in [6.07, 6.45) is 0. The molecule has 0 amide bonds. The molecule has 0 aliphatic heterocycles. The lowest BCUT2D eigenvalue weighted by Crippen LogP contribution is -2.23. The monoisotopic (exact) mass is 314 g/mol. The number of halogens is 2. The van der Waals surface area contributed by atoms with Crippen LogP contribution in [0.5, 0.6) is 0 Å². The third-order valence-corrected chi connectivity index (χ3v) is 4.22. The number of hydrogen-bond acceptors (Lipinski definition) is 3. The Morgan fingerprint density at radius 3 is 2.40 bits per heavy atom. The molecule has 0 spiro atoms. The van der Waals surface area contributed by atoms with Gasteiger partial charge < -0.3 is 5.73 Å². The molecule has 0 aliphatic carbocycles. The SMILES string of the molecule is Nc1cc(F)cc(S(=O)(=O)NCc2ccc(Cl)cc2)c1. The van der Waals surface area contributed by atoms with E-state index in [1.54, 1.807) is 24.3 Å². The Labute approximate surface area is 121 Å². The van der Waals surface area contributed by atoms with Crippen molar-refractivity contribution in [3.63, 3.8) is 0 Å². The molecule has 0 unspecified atom stereocenters. The van der Waals surface area contributed by atoms with Crippen molar-refractivity contribution in [2.75, 3.05) is 5.73 Å². The second-order valence-electron chi connectivity index (χ2n) is 4.17. The number of anilines is 1. The van der Waals surface area contributed by atoms with Crippen LogP contribution in [0.25, 0.3) is 0 Å². The lowest BCUT2D eigenvalue weighted by Gasteiger charge is -2.08. The summed E-state index contributed by atoms with van der Waals surface area (Å²) in [6.45, 7) is 0.0793. The van der Waals surface area contributed by atoms with Crippen molar-refractivity contribution in [2.45, 2.75) is 11.4 Å². The first-order valence-electron chi connectivity index (χ1n) is 5.67. The molecule has 0 fully saturated rings. The van der Waals surface area contributed by atoms with Crippen molar-refractivity contribution in [1.29, 1.82) is 0 Å². The van der Waals surface area contributed by atoms with Crippen LogP contribution in [-0.4, -0.2) is 8.42 Å². The Morgan fingerprint density at radius 2 is 1.80 bits per heavy atom. The summed E-state index contributed by atoms with van der Waals surface area (Å²) >= 11 is 5.74. The molecule has 0 atom stereocenters. The Kier molecular flexibility index (Phi) is 4.27. The fourth-order valence-corrected chi connectivity index (χ4v) is 2.81. The van der Waals surface area contributed by atoms with Crippen LogP contribution in [0.2, 0.25) is 5.02 Å². The largest absolute Gasteiger partial charge is 0.399 e. The highest BCUT2D eigenvalue weighted by atomic mass is 35.5. The predicted octanol–water partition coefficient (Wildman–Crippen LogP) is 2.54. The zero-order chi connectivity index (χ0) is 14.8. The minimum absolute atomic E-state index is 0.0527. The first kappa shape index (κ1) is 14.8. The van der Waals surface area contributed by atoms with Crippen molar-refractivity contribution in [1.82, 2.24) is 4.72 Å². The zero-order valence-corrected chi connectivity index (χ0v) is 11.9. The van der Waals surface area contributed by atoms with Gasteiger partial charge in [0, 0.05) is 17.3 Å². The maximum atomic E-state index is 13.2. The second-order valence-corrected chi connectivity index (χ2v) is 6.37. The van der Waals surface area contributed by atoms with Crippen LogP contribution >= 0.6 is 11.6 Å². The van der Waals surface area contributed by atoms with Crippen molar-refractivity contribution < 1.29 is 12.8 Å². The van der Waals surface area contributed by atoms with E-state index in [0.29, 0.717) is 5.02 Å². The molecule has 2 aromatic rings. The number of benzene rings is 2. The molecule has 3 N–H and O–H groups in total. The van der Waals surface area contributed by atoms with Gasteiger partial charge in [0.2, 0.25) is 10.0 Å². The van der Waals surface area contributed by atoms with E-state index in [0.717, 1.165) is 17.7 Å². The van der Waals surface area contributed by atoms with E-state index in [9.17, 15) is 12.8 Å². The van der Waals surface area contributed by atoms with E-state index in [-0.39, 0.29) is 17.1 Å². The van der Waals surface area contributed by atoms with E-state index < -0.39 is 15.8 Å². The van der Waals surface area contributed by atoms with Gasteiger partial charge in [0.05, 0.1) is 4.90 Å². The topological polar surface area (TPSA) is 72.2 Å². The smallest absolute Gasteiger partial charge is 0.241 e. The van der Waals surface area contributed by atoms with Crippen molar-refractivity contribution >= 4 is 27.3 Å². The van der Waals surface area contributed by atoms with E-state index in [1.807, 2.05) is 0 Å². The van der Waals surface area contributed by atoms with Crippen LogP contribution in [0, 0.1) is 5.82 Å². The van der Waals surface area contributed by atoms with Gasteiger partial charge in [-0.15, -0.1) is 0 Å². The highest BCUT2D eigenvalue weighted by Crippen LogP contribution is 2.16. The first-order chi connectivity index (χ1) is 9.37. The van der Waals surface area contributed by atoms with Gasteiger partial charge in [-0.05, 0) is 35.9 Å². The van der Waals surface area contributed by atoms with Gasteiger partial charge >= 0.3 is 0 Å².